The van der Waals surface area contributed by atoms with E-state index in [1.165, 1.54) is 31.2 Å². The van der Waals surface area contributed by atoms with E-state index in [4.69, 9.17) is 0 Å². The molecule has 1 aromatic heterocycles. The number of ketones is 1. The van der Waals surface area contributed by atoms with Crippen molar-refractivity contribution in [2.75, 3.05) is 0 Å². The molecule has 2 heteroatoms. The summed E-state index contributed by atoms with van der Waals surface area (Å²) in [5.74, 6) is 0.606. The Morgan fingerprint density at radius 2 is 1.59 bits per heavy atom. The number of Topliss-reactive ketones (excluding diaryl/α,β-unsaturated/α-hetero) is 1. The average molecular weight is 233 g/mol. The molecule has 1 aromatic rings. The van der Waals surface area contributed by atoms with Crippen LogP contribution in [-0.4, -0.2) is 10.8 Å². The Morgan fingerprint density at radius 3 is 2.06 bits per heavy atom. The van der Waals surface area contributed by atoms with Gasteiger partial charge in [0, 0.05) is 11.6 Å². The topological polar surface area (TPSA) is 32.9 Å². The smallest absolute Gasteiger partial charge is 0.182 e. The predicted octanol–water partition coefficient (Wildman–Crippen LogP) is 4.09. The molecule has 0 radical (unpaired) electrons. The first-order valence-electron chi connectivity index (χ1n) is 6.81. The van der Waals surface area contributed by atoms with Crippen molar-refractivity contribution in [1.29, 1.82) is 0 Å². The molecule has 1 aliphatic carbocycles. The summed E-state index contributed by atoms with van der Waals surface area (Å²) in [7, 11) is 0. The molecule has 0 amide bonds. The van der Waals surface area contributed by atoms with Crippen LogP contribution in [0.1, 0.15) is 65.8 Å². The number of hydrogen-bond donors (Lipinski definition) is 1. The Bertz CT molecular complexity index is 409. The summed E-state index contributed by atoms with van der Waals surface area (Å²) in [6.45, 7) is 6.19. The molecule has 0 spiro atoms. The van der Waals surface area contributed by atoms with E-state index < -0.39 is 0 Å². The zero-order chi connectivity index (χ0) is 12.4. The molecule has 0 bridgehead atoms. The number of aryl methyl sites for hydroxylation is 1. The third-order valence-electron chi connectivity index (χ3n) is 4.28. The Morgan fingerprint density at radius 1 is 1.00 bits per heavy atom. The molecule has 2 nitrogen and oxygen atoms in total. The molecule has 0 aromatic carbocycles. The van der Waals surface area contributed by atoms with Gasteiger partial charge in [0.05, 0.1) is 5.69 Å². The van der Waals surface area contributed by atoms with Crippen LogP contribution in [0, 0.1) is 26.7 Å². The van der Waals surface area contributed by atoms with Gasteiger partial charge in [0.2, 0.25) is 0 Å². The van der Waals surface area contributed by atoms with Gasteiger partial charge >= 0.3 is 0 Å². The van der Waals surface area contributed by atoms with E-state index >= 15 is 0 Å². The highest BCUT2D eigenvalue weighted by Crippen LogP contribution is 2.28. The second-order valence-electron chi connectivity index (χ2n) is 5.43. The summed E-state index contributed by atoms with van der Waals surface area (Å²) in [6, 6.07) is 0. The Labute approximate surface area is 104 Å². The zero-order valence-corrected chi connectivity index (χ0v) is 11.2. The molecular weight excluding hydrogens is 210 g/mol. The van der Waals surface area contributed by atoms with E-state index in [2.05, 4.69) is 18.8 Å². The van der Waals surface area contributed by atoms with Gasteiger partial charge in [-0.3, -0.25) is 4.79 Å². The molecule has 17 heavy (non-hydrogen) atoms. The maximum atomic E-state index is 12.5. The molecule has 1 fully saturated rings. The van der Waals surface area contributed by atoms with Gasteiger partial charge in [0.15, 0.2) is 5.78 Å². The van der Waals surface area contributed by atoms with Crippen molar-refractivity contribution in [2.45, 2.75) is 59.3 Å². The standard InChI is InChI=1S/C15H23NO/c1-10-11(2)14(16-12(10)3)15(17)13-8-6-4-5-7-9-13/h13,16H,4-9H2,1-3H3. The molecule has 1 saturated carbocycles. The van der Waals surface area contributed by atoms with E-state index in [-0.39, 0.29) is 5.92 Å². The molecular formula is C15H23NO. The van der Waals surface area contributed by atoms with Crippen molar-refractivity contribution in [3.05, 3.63) is 22.5 Å². The third-order valence-corrected chi connectivity index (χ3v) is 4.28. The molecule has 0 saturated heterocycles. The number of H-pyrrole nitrogens is 1. The molecule has 94 valence electrons. The Kier molecular flexibility index (Phi) is 3.70. The van der Waals surface area contributed by atoms with Gasteiger partial charge in [0.1, 0.15) is 0 Å². The van der Waals surface area contributed by atoms with Crippen LogP contribution in [0.5, 0.6) is 0 Å². The number of hydrogen-bond acceptors (Lipinski definition) is 1. The monoisotopic (exact) mass is 233 g/mol. The Balaban J connectivity index is 2.20. The van der Waals surface area contributed by atoms with Crippen LogP contribution in [0.2, 0.25) is 0 Å². The van der Waals surface area contributed by atoms with Crippen LogP contribution in [0.15, 0.2) is 0 Å². The number of nitrogens with one attached hydrogen (secondary N) is 1. The summed E-state index contributed by atoms with van der Waals surface area (Å²) < 4.78 is 0. The lowest BCUT2D eigenvalue weighted by Gasteiger charge is -2.12. The van der Waals surface area contributed by atoms with Crippen LogP contribution in [0.4, 0.5) is 0 Å². The van der Waals surface area contributed by atoms with Crippen LogP contribution < -0.4 is 0 Å². The fourth-order valence-electron chi connectivity index (χ4n) is 2.84. The first-order valence-corrected chi connectivity index (χ1v) is 6.81. The third kappa shape index (κ3) is 2.46. The minimum absolute atomic E-state index is 0.258. The molecule has 0 atom stereocenters. The van der Waals surface area contributed by atoms with Crippen molar-refractivity contribution in [3.63, 3.8) is 0 Å². The highest BCUT2D eigenvalue weighted by atomic mass is 16.1. The van der Waals surface area contributed by atoms with Gasteiger partial charge in [-0.25, -0.2) is 0 Å². The summed E-state index contributed by atoms with van der Waals surface area (Å²) in [4.78, 5) is 15.8. The summed E-state index contributed by atoms with van der Waals surface area (Å²) in [5, 5.41) is 0. The lowest BCUT2D eigenvalue weighted by Crippen LogP contribution is -2.15. The molecule has 2 rings (SSSR count). The number of aromatic amines is 1. The number of aromatic nitrogens is 1. The van der Waals surface area contributed by atoms with E-state index in [1.54, 1.807) is 0 Å². The second-order valence-corrected chi connectivity index (χ2v) is 5.43. The number of carbonyl (C=O) groups excluding carboxylic acids is 1. The fraction of sp³-hybridized carbons (Fsp3) is 0.667. The Hall–Kier alpha value is -1.05. The normalized spacial score (nSPS) is 18.1. The van der Waals surface area contributed by atoms with Crippen LogP contribution in [0.25, 0.3) is 0 Å². The van der Waals surface area contributed by atoms with Crippen LogP contribution >= 0.6 is 0 Å². The molecule has 1 heterocycles. The van der Waals surface area contributed by atoms with Gasteiger partial charge in [-0.05, 0) is 44.7 Å². The van der Waals surface area contributed by atoms with Crippen LogP contribution in [0.3, 0.4) is 0 Å². The minimum Gasteiger partial charge on any atom is -0.356 e. The maximum absolute atomic E-state index is 12.5. The fourth-order valence-corrected chi connectivity index (χ4v) is 2.84. The number of rotatable bonds is 2. The van der Waals surface area contributed by atoms with Crippen molar-refractivity contribution in [2.24, 2.45) is 5.92 Å². The SMILES string of the molecule is Cc1[nH]c(C(=O)C2CCCCCC2)c(C)c1C. The second kappa shape index (κ2) is 5.07. The minimum atomic E-state index is 0.258. The van der Waals surface area contributed by atoms with Gasteiger partial charge in [-0.1, -0.05) is 25.7 Å². The largest absolute Gasteiger partial charge is 0.356 e. The number of carbonyl (C=O) groups is 1. The van der Waals surface area contributed by atoms with E-state index in [0.717, 1.165) is 29.8 Å². The summed E-state index contributed by atoms with van der Waals surface area (Å²) in [6.07, 6.45) is 7.18. The lowest BCUT2D eigenvalue weighted by atomic mass is 9.92. The van der Waals surface area contributed by atoms with E-state index in [1.807, 2.05) is 6.92 Å². The molecule has 0 unspecified atom stereocenters. The highest BCUT2D eigenvalue weighted by molar-refractivity contribution is 5.98. The van der Waals surface area contributed by atoms with E-state index in [9.17, 15) is 4.79 Å². The predicted molar refractivity (Wildman–Crippen MR) is 70.5 cm³/mol. The van der Waals surface area contributed by atoms with Crippen molar-refractivity contribution >= 4 is 5.78 Å². The van der Waals surface area contributed by atoms with Crippen molar-refractivity contribution in [3.8, 4) is 0 Å². The summed E-state index contributed by atoms with van der Waals surface area (Å²) >= 11 is 0. The first kappa shape index (κ1) is 12.4. The van der Waals surface area contributed by atoms with Crippen molar-refractivity contribution in [1.82, 2.24) is 4.98 Å². The average Bonchev–Trinajstić information content (AvgIpc) is 2.57. The molecule has 1 aliphatic rings. The van der Waals surface area contributed by atoms with Gasteiger partial charge in [-0.15, -0.1) is 0 Å². The summed E-state index contributed by atoms with van der Waals surface area (Å²) in [5.41, 5.74) is 4.39. The lowest BCUT2D eigenvalue weighted by molar-refractivity contribution is 0.0902. The van der Waals surface area contributed by atoms with Crippen molar-refractivity contribution < 1.29 is 4.79 Å². The van der Waals surface area contributed by atoms with E-state index in [0.29, 0.717) is 5.78 Å². The van der Waals surface area contributed by atoms with Gasteiger partial charge < -0.3 is 4.98 Å². The van der Waals surface area contributed by atoms with Gasteiger partial charge in [-0.2, -0.15) is 0 Å². The van der Waals surface area contributed by atoms with Gasteiger partial charge in [0.25, 0.3) is 0 Å². The maximum Gasteiger partial charge on any atom is 0.182 e. The quantitative estimate of drug-likeness (QED) is 0.605. The molecule has 1 N–H and O–H groups in total. The highest BCUT2D eigenvalue weighted by Gasteiger charge is 2.24. The van der Waals surface area contributed by atoms with Crippen LogP contribution in [-0.2, 0) is 0 Å². The first-order chi connectivity index (χ1) is 8.11. The zero-order valence-electron chi connectivity index (χ0n) is 11.2. The molecule has 0 aliphatic heterocycles.